The molecule has 0 fully saturated rings. The van der Waals surface area contributed by atoms with Crippen molar-refractivity contribution in [2.75, 3.05) is 0 Å². The van der Waals surface area contributed by atoms with Gasteiger partial charge in [-0.25, -0.2) is 6.92 Å². The molecule has 0 aliphatic heterocycles. The molecule has 0 aliphatic rings. The second-order valence-corrected chi connectivity index (χ2v) is 5.47. The maximum atomic E-state index is 3.91. The first-order valence-corrected chi connectivity index (χ1v) is 5.19. The van der Waals surface area contributed by atoms with E-state index in [2.05, 4.69) is 58.8 Å². The van der Waals surface area contributed by atoms with Gasteiger partial charge in [0.25, 0.3) is 0 Å². The molecule has 0 aromatic carbocycles. The van der Waals surface area contributed by atoms with Crippen LogP contribution in [-0.4, -0.2) is 15.0 Å². The Kier molecular flexibility index (Phi) is 9.44. The molecule has 0 aliphatic carbocycles. The van der Waals surface area contributed by atoms with Crippen molar-refractivity contribution in [3.8, 4) is 0 Å². The van der Waals surface area contributed by atoms with Gasteiger partial charge >= 0.3 is 31.1 Å². The second-order valence-electron chi connectivity index (χ2n) is 5.47. The van der Waals surface area contributed by atoms with Crippen LogP contribution in [0.25, 0.3) is 0 Å². The van der Waals surface area contributed by atoms with Crippen LogP contribution < -0.4 is 0 Å². The number of rotatable bonds is 1. The molecule has 0 atom stereocenters. The summed E-state index contributed by atoms with van der Waals surface area (Å²) in [4.78, 5) is 0. The van der Waals surface area contributed by atoms with Crippen molar-refractivity contribution in [2.45, 2.75) is 48.1 Å². The Morgan fingerprint density at radius 2 is 1.75 bits per heavy atom. The van der Waals surface area contributed by atoms with E-state index in [1.54, 1.807) is 0 Å². The van der Waals surface area contributed by atoms with Gasteiger partial charge in [-0.05, 0) is 5.41 Å². The van der Waals surface area contributed by atoms with Crippen molar-refractivity contribution in [3.05, 3.63) is 24.7 Å². The molecule has 0 saturated carbocycles. The van der Waals surface area contributed by atoms with Crippen LogP contribution in [0.3, 0.4) is 0 Å². The van der Waals surface area contributed by atoms with E-state index in [1.165, 1.54) is 5.92 Å². The summed E-state index contributed by atoms with van der Waals surface area (Å²) in [5.41, 5.74) is 0.981. The first kappa shape index (κ1) is 18.4. The molecule has 0 saturated heterocycles. The van der Waals surface area contributed by atoms with Gasteiger partial charge in [0, 0.05) is 6.54 Å². The molecule has 90 valence electrons. The molecule has 1 heterocycles. The number of hydrogen-bond acceptors (Lipinski definition) is 2. The topological polar surface area (TPSA) is 30.7 Å². The Hall–Kier alpha value is 0.0619. The van der Waals surface area contributed by atoms with Crippen LogP contribution >= 0.6 is 0 Å². The summed E-state index contributed by atoms with van der Waals surface area (Å²) < 4.78 is 1.82. The van der Waals surface area contributed by atoms with E-state index in [9.17, 15) is 0 Å². The molecule has 0 unspecified atom stereocenters. The summed E-state index contributed by atoms with van der Waals surface area (Å²) in [5.74, 6) is 1.42. The average Bonchev–Trinajstić information content (AvgIpc) is 2.29. The van der Waals surface area contributed by atoms with E-state index < -0.39 is 0 Å². The largest absolute Gasteiger partial charge is 2.00 e. The third-order valence-electron chi connectivity index (χ3n) is 1.22. The van der Waals surface area contributed by atoms with E-state index in [0.29, 0.717) is 0 Å². The smallest absolute Gasteiger partial charge is 0.329 e. The first-order valence-electron chi connectivity index (χ1n) is 5.19. The van der Waals surface area contributed by atoms with Crippen LogP contribution in [0.1, 0.15) is 47.2 Å². The quantitative estimate of drug-likeness (QED) is 0.620. The predicted molar refractivity (Wildman–Crippen MR) is 64.2 cm³/mol. The molecule has 0 radical (unpaired) electrons. The molecule has 4 heteroatoms. The van der Waals surface area contributed by atoms with E-state index in [-0.39, 0.29) is 36.5 Å². The fourth-order valence-electron chi connectivity index (χ4n) is 0.902. The van der Waals surface area contributed by atoms with Crippen LogP contribution in [0, 0.1) is 49.4 Å². The van der Waals surface area contributed by atoms with Crippen LogP contribution in [0.4, 0.5) is 0 Å². The van der Waals surface area contributed by atoms with Crippen molar-refractivity contribution in [1.82, 2.24) is 15.0 Å². The van der Waals surface area contributed by atoms with Gasteiger partial charge in [-0.3, -0.25) is 0 Å². The third-order valence-corrected chi connectivity index (χ3v) is 1.22. The van der Waals surface area contributed by atoms with Gasteiger partial charge < -0.3 is 10.6 Å². The minimum atomic E-state index is 0. The summed E-state index contributed by atoms with van der Waals surface area (Å²) in [6, 6.07) is 0. The maximum absolute atomic E-state index is 3.91. The molecule has 0 amide bonds. The first-order chi connectivity index (χ1) is 6.70. The summed E-state index contributed by atoms with van der Waals surface area (Å²) in [6.45, 7) is 17.3. The maximum Gasteiger partial charge on any atom is 2.00 e. The van der Waals surface area contributed by atoms with Crippen LogP contribution in [0.5, 0.6) is 0 Å². The number of aromatic nitrogens is 3. The van der Waals surface area contributed by atoms with Gasteiger partial charge in [-0.1, -0.05) is 37.9 Å². The second kappa shape index (κ2) is 8.20. The SMILES string of the molecule is C[C-](C)C.[CH2-]c1cn(CC(C)(C)C)nn1.[U+2]. The van der Waals surface area contributed by atoms with Crippen LogP contribution in [-0.2, 0) is 6.54 Å². The minimum absolute atomic E-state index is 0. The predicted octanol–water partition coefficient (Wildman–Crippen LogP) is 3.13. The van der Waals surface area contributed by atoms with E-state index in [1.807, 2.05) is 10.9 Å². The van der Waals surface area contributed by atoms with E-state index in [0.717, 1.165) is 12.2 Å². The third kappa shape index (κ3) is 12.1. The Balaban J connectivity index is 0. The van der Waals surface area contributed by atoms with Crippen molar-refractivity contribution < 1.29 is 31.1 Å². The van der Waals surface area contributed by atoms with Crippen LogP contribution in [0.15, 0.2) is 6.20 Å². The fraction of sp³-hybridized carbons (Fsp3) is 0.667. The minimum Gasteiger partial charge on any atom is -0.329 e. The Labute approximate surface area is 124 Å². The van der Waals surface area contributed by atoms with Gasteiger partial charge in [0.1, 0.15) is 0 Å². The Bertz CT molecular complexity index is 271. The van der Waals surface area contributed by atoms with Gasteiger partial charge in [0.2, 0.25) is 0 Å². The molecular weight excluding hydrogens is 424 g/mol. The summed E-state index contributed by atoms with van der Waals surface area (Å²) >= 11 is 0. The molecule has 1 aromatic rings. The van der Waals surface area contributed by atoms with Crippen molar-refractivity contribution >= 4 is 0 Å². The Morgan fingerprint density at radius 1 is 1.31 bits per heavy atom. The zero-order chi connectivity index (χ0) is 12.1. The number of nitrogens with zero attached hydrogens (tertiary/aromatic N) is 3. The molecule has 0 N–H and O–H groups in total. The zero-order valence-electron chi connectivity index (χ0n) is 11.3. The average molecular weight is 447 g/mol. The molecular formula is C12H23N3U. The van der Waals surface area contributed by atoms with Crippen LogP contribution in [0.2, 0.25) is 0 Å². The molecule has 1 aromatic heterocycles. The fourth-order valence-corrected chi connectivity index (χ4v) is 0.902. The van der Waals surface area contributed by atoms with E-state index >= 15 is 0 Å². The summed E-state index contributed by atoms with van der Waals surface area (Å²) in [6.07, 6.45) is 1.85. The van der Waals surface area contributed by atoms with Crippen molar-refractivity contribution in [3.63, 3.8) is 0 Å². The molecule has 3 nitrogen and oxygen atoms in total. The van der Waals surface area contributed by atoms with Gasteiger partial charge in [0.05, 0.1) is 0 Å². The number of hydrogen-bond donors (Lipinski definition) is 0. The molecule has 16 heavy (non-hydrogen) atoms. The molecule has 1 rings (SSSR count). The Morgan fingerprint density at radius 3 is 2.00 bits per heavy atom. The molecule has 0 spiro atoms. The zero-order valence-corrected chi connectivity index (χ0v) is 15.5. The normalized spacial score (nSPS) is 10.4. The van der Waals surface area contributed by atoms with Gasteiger partial charge in [-0.2, -0.15) is 25.9 Å². The van der Waals surface area contributed by atoms with E-state index in [4.69, 9.17) is 0 Å². The summed E-state index contributed by atoms with van der Waals surface area (Å²) in [7, 11) is 0. The van der Waals surface area contributed by atoms with Crippen molar-refractivity contribution in [1.29, 1.82) is 0 Å². The summed E-state index contributed by atoms with van der Waals surface area (Å²) in [5, 5.41) is 7.71. The van der Waals surface area contributed by atoms with Gasteiger partial charge in [-0.15, -0.1) is 0 Å². The standard InChI is InChI=1S/C8H14N3.C4H9.U/c1-7-5-11(10-9-7)6-8(2,3)4;1-4(2)3;/h5H,1,6H2,2-4H3;1-3H3;/q2*-1;+2. The monoisotopic (exact) mass is 447 g/mol. The van der Waals surface area contributed by atoms with Crippen molar-refractivity contribution in [2.24, 2.45) is 5.41 Å². The molecule has 0 bridgehead atoms. The van der Waals surface area contributed by atoms with Gasteiger partial charge in [0.15, 0.2) is 0 Å².